The average Bonchev–Trinajstić information content (AvgIpc) is 3.37. The number of aromatic nitrogens is 1. The molecule has 0 bridgehead atoms. The lowest BCUT2D eigenvalue weighted by Crippen LogP contribution is -2.40. The van der Waals surface area contributed by atoms with Crippen LogP contribution in [0.15, 0.2) is 82.7 Å². The molecule has 3 heterocycles. The van der Waals surface area contributed by atoms with E-state index in [1.165, 1.54) is 11.3 Å². The Balaban J connectivity index is 0.00000306. The van der Waals surface area contributed by atoms with Crippen molar-refractivity contribution in [3.8, 4) is 0 Å². The molecule has 1 saturated heterocycles. The van der Waals surface area contributed by atoms with Gasteiger partial charge in [0.25, 0.3) is 0 Å². The number of nitrogens with zero attached hydrogens (tertiary/aromatic N) is 3. The van der Waals surface area contributed by atoms with Gasteiger partial charge in [0.15, 0.2) is 5.96 Å². The third-order valence-corrected chi connectivity index (χ3v) is 6.05. The summed E-state index contributed by atoms with van der Waals surface area (Å²) in [7, 11) is 0. The van der Waals surface area contributed by atoms with Crippen molar-refractivity contribution in [3.63, 3.8) is 0 Å². The van der Waals surface area contributed by atoms with E-state index in [2.05, 4.69) is 63.8 Å². The number of halogens is 1. The number of rotatable bonds is 8. The van der Waals surface area contributed by atoms with E-state index < -0.39 is 0 Å². The first kappa shape index (κ1) is 25.1. The Kier molecular flexibility index (Phi) is 10.1. The molecule has 0 amide bonds. The standard InChI is InChI=1S/C26H33N5O.HI/c1-21(23-6-3-2-4-7-23)30-26(28-16-11-25-8-5-19-32-25)29-20-22-12-17-31(18-13-22)24-9-14-27-15-10-24;/h2-10,14-15,19,21-22H,11-13,16-18,20H2,1H3,(H2,28,29,30);1H. The highest BCUT2D eigenvalue weighted by atomic mass is 127. The number of aliphatic imine (C=N–C) groups is 1. The minimum absolute atomic E-state index is 0. The summed E-state index contributed by atoms with van der Waals surface area (Å²) in [5, 5.41) is 7.07. The van der Waals surface area contributed by atoms with Gasteiger partial charge in [-0.05, 0) is 55.5 Å². The monoisotopic (exact) mass is 559 g/mol. The van der Waals surface area contributed by atoms with Crippen molar-refractivity contribution in [2.75, 3.05) is 31.1 Å². The molecule has 4 rings (SSSR count). The molecule has 0 saturated carbocycles. The molecule has 1 fully saturated rings. The number of piperidine rings is 1. The lowest BCUT2D eigenvalue weighted by atomic mass is 9.96. The van der Waals surface area contributed by atoms with Crippen molar-refractivity contribution in [1.29, 1.82) is 0 Å². The van der Waals surface area contributed by atoms with Crippen LogP contribution in [0.2, 0.25) is 0 Å². The number of nitrogens with one attached hydrogen (secondary N) is 2. The molecule has 176 valence electrons. The zero-order chi connectivity index (χ0) is 22.0. The van der Waals surface area contributed by atoms with Gasteiger partial charge in [0, 0.05) is 50.7 Å². The van der Waals surface area contributed by atoms with Crippen molar-refractivity contribution < 1.29 is 4.42 Å². The Labute approximate surface area is 213 Å². The molecular formula is C26H34IN5O. The largest absolute Gasteiger partial charge is 0.469 e. The lowest BCUT2D eigenvalue weighted by molar-refractivity contribution is 0.414. The fourth-order valence-electron chi connectivity index (χ4n) is 4.09. The molecule has 1 unspecified atom stereocenters. The predicted molar refractivity (Wildman–Crippen MR) is 145 cm³/mol. The summed E-state index contributed by atoms with van der Waals surface area (Å²) in [5.41, 5.74) is 2.51. The molecular weight excluding hydrogens is 525 g/mol. The molecule has 3 aromatic rings. The van der Waals surface area contributed by atoms with E-state index >= 15 is 0 Å². The molecule has 6 nitrogen and oxygen atoms in total. The first-order valence-electron chi connectivity index (χ1n) is 11.5. The quantitative estimate of drug-likeness (QED) is 0.230. The van der Waals surface area contributed by atoms with Crippen molar-refractivity contribution in [2.24, 2.45) is 10.9 Å². The molecule has 7 heteroatoms. The number of hydrogen-bond donors (Lipinski definition) is 2. The van der Waals surface area contributed by atoms with E-state index in [4.69, 9.17) is 9.41 Å². The van der Waals surface area contributed by atoms with Crippen LogP contribution in [0.4, 0.5) is 5.69 Å². The Bertz CT molecular complexity index is 941. The van der Waals surface area contributed by atoms with Crippen LogP contribution in [0.5, 0.6) is 0 Å². The molecule has 2 N–H and O–H groups in total. The zero-order valence-electron chi connectivity index (χ0n) is 19.2. The number of benzene rings is 1. The lowest BCUT2D eigenvalue weighted by Gasteiger charge is -2.33. The van der Waals surface area contributed by atoms with Gasteiger partial charge >= 0.3 is 0 Å². The van der Waals surface area contributed by atoms with Crippen molar-refractivity contribution in [3.05, 3.63) is 84.6 Å². The molecule has 1 aliphatic rings. The highest BCUT2D eigenvalue weighted by molar-refractivity contribution is 14.0. The molecule has 1 aliphatic heterocycles. The van der Waals surface area contributed by atoms with Gasteiger partial charge in [-0.15, -0.1) is 24.0 Å². The van der Waals surface area contributed by atoms with E-state index in [-0.39, 0.29) is 30.0 Å². The van der Waals surface area contributed by atoms with Gasteiger partial charge in [-0.25, -0.2) is 0 Å². The highest BCUT2D eigenvalue weighted by Crippen LogP contribution is 2.23. The minimum atomic E-state index is 0. The fraction of sp³-hybridized carbons (Fsp3) is 0.385. The van der Waals surface area contributed by atoms with Crippen molar-refractivity contribution in [1.82, 2.24) is 15.6 Å². The molecule has 33 heavy (non-hydrogen) atoms. The van der Waals surface area contributed by atoms with Gasteiger partial charge in [0.05, 0.1) is 12.3 Å². The third-order valence-electron chi connectivity index (χ3n) is 6.05. The van der Waals surface area contributed by atoms with E-state index in [1.807, 2.05) is 30.6 Å². The Hall–Kier alpha value is -2.55. The van der Waals surface area contributed by atoms with Gasteiger partial charge in [0.2, 0.25) is 0 Å². The van der Waals surface area contributed by atoms with E-state index in [0.717, 1.165) is 57.2 Å². The first-order valence-corrected chi connectivity index (χ1v) is 11.5. The summed E-state index contributed by atoms with van der Waals surface area (Å²) in [6, 6.07) is 18.8. The number of hydrogen-bond acceptors (Lipinski definition) is 4. The van der Waals surface area contributed by atoms with Gasteiger partial charge in [-0.3, -0.25) is 9.98 Å². The predicted octanol–water partition coefficient (Wildman–Crippen LogP) is 5.05. The first-order chi connectivity index (χ1) is 15.8. The van der Waals surface area contributed by atoms with E-state index in [0.29, 0.717) is 5.92 Å². The van der Waals surface area contributed by atoms with Crippen LogP contribution < -0.4 is 15.5 Å². The van der Waals surface area contributed by atoms with Gasteiger partial charge < -0.3 is 20.0 Å². The number of pyridine rings is 1. The van der Waals surface area contributed by atoms with Crippen LogP contribution in [0, 0.1) is 5.92 Å². The highest BCUT2D eigenvalue weighted by Gasteiger charge is 2.19. The SMILES string of the molecule is CC(NC(=NCC1CCN(c2ccncc2)CC1)NCCc1ccco1)c1ccccc1.I. The fourth-order valence-corrected chi connectivity index (χ4v) is 4.09. The zero-order valence-corrected chi connectivity index (χ0v) is 21.5. The number of furan rings is 1. The summed E-state index contributed by atoms with van der Waals surface area (Å²) in [5.74, 6) is 2.45. The second-order valence-electron chi connectivity index (χ2n) is 8.36. The Morgan fingerprint density at radius 3 is 2.55 bits per heavy atom. The minimum Gasteiger partial charge on any atom is -0.469 e. The second kappa shape index (κ2) is 13.2. The van der Waals surface area contributed by atoms with Crippen LogP contribution in [-0.4, -0.2) is 37.1 Å². The van der Waals surface area contributed by atoms with Crippen LogP contribution >= 0.6 is 24.0 Å². The van der Waals surface area contributed by atoms with Gasteiger partial charge in [-0.2, -0.15) is 0 Å². The normalized spacial score (nSPS) is 15.5. The molecule has 0 aliphatic carbocycles. The van der Waals surface area contributed by atoms with Crippen LogP contribution in [0.25, 0.3) is 0 Å². The van der Waals surface area contributed by atoms with E-state index in [1.54, 1.807) is 6.26 Å². The molecule has 0 radical (unpaired) electrons. The smallest absolute Gasteiger partial charge is 0.191 e. The summed E-state index contributed by atoms with van der Waals surface area (Å²) in [6.45, 7) is 5.92. The van der Waals surface area contributed by atoms with Crippen LogP contribution in [-0.2, 0) is 6.42 Å². The maximum absolute atomic E-state index is 5.46. The maximum Gasteiger partial charge on any atom is 0.191 e. The Morgan fingerprint density at radius 2 is 1.85 bits per heavy atom. The maximum atomic E-state index is 5.46. The van der Waals surface area contributed by atoms with Gasteiger partial charge in [0.1, 0.15) is 5.76 Å². The number of anilines is 1. The number of guanidine groups is 1. The summed E-state index contributed by atoms with van der Waals surface area (Å²) < 4.78 is 5.46. The van der Waals surface area contributed by atoms with E-state index in [9.17, 15) is 0 Å². The Morgan fingerprint density at radius 1 is 1.09 bits per heavy atom. The molecule has 2 aromatic heterocycles. The average molecular weight is 559 g/mol. The molecule has 1 aromatic carbocycles. The summed E-state index contributed by atoms with van der Waals surface area (Å²) in [6.07, 6.45) is 8.59. The summed E-state index contributed by atoms with van der Waals surface area (Å²) >= 11 is 0. The third kappa shape index (κ3) is 7.77. The molecule has 0 spiro atoms. The van der Waals surface area contributed by atoms with Crippen molar-refractivity contribution >= 4 is 35.6 Å². The summed E-state index contributed by atoms with van der Waals surface area (Å²) in [4.78, 5) is 11.5. The van der Waals surface area contributed by atoms with Crippen molar-refractivity contribution in [2.45, 2.75) is 32.2 Å². The van der Waals surface area contributed by atoms with Gasteiger partial charge in [-0.1, -0.05) is 30.3 Å². The second-order valence-corrected chi connectivity index (χ2v) is 8.36. The topological polar surface area (TPSA) is 65.7 Å². The van der Waals surface area contributed by atoms with Crippen LogP contribution in [0.3, 0.4) is 0 Å². The molecule has 1 atom stereocenters. The van der Waals surface area contributed by atoms with Crippen LogP contribution in [0.1, 0.15) is 37.1 Å².